The zero-order valence-corrected chi connectivity index (χ0v) is 23.5. The minimum atomic E-state index is -0.356. The van der Waals surface area contributed by atoms with Gasteiger partial charge < -0.3 is 26.0 Å². The molecule has 2 atom stereocenters. The van der Waals surface area contributed by atoms with Crippen molar-refractivity contribution in [3.8, 4) is 11.5 Å². The van der Waals surface area contributed by atoms with Gasteiger partial charge in [-0.1, -0.05) is 18.2 Å². The van der Waals surface area contributed by atoms with Crippen LogP contribution in [0.2, 0.25) is 0 Å². The Kier molecular flexibility index (Phi) is 7.29. The minimum absolute atomic E-state index is 0.0242. The molecular formula is C30H30N6O4S. The van der Waals surface area contributed by atoms with Gasteiger partial charge in [0.1, 0.15) is 21.2 Å². The van der Waals surface area contributed by atoms with Crippen molar-refractivity contribution in [3.05, 3.63) is 71.2 Å². The summed E-state index contributed by atoms with van der Waals surface area (Å²) in [4.78, 5) is 46.1. The van der Waals surface area contributed by atoms with Crippen LogP contribution < -0.4 is 30.9 Å². The molecule has 0 saturated heterocycles. The number of ether oxygens (including phenoxy) is 1. The van der Waals surface area contributed by atoms with Gasteiger partial charge in [0, 0.05) is 18.3 Å². The van der Waals surface area contributed by atoms with E-state index >= 15 is 0 Å². The molecule has 0 bridgehead atoms. The Hall–Kier alpha value is -4.48. The van der Waals surface area contributed by atoms with E-state index in [1.165, 1.54) is 11.3 Å². The Labute approximate surface area is 241 Å². The Morgan fingerprint density at radius 3 is 2.59 bits per heavy atom. The monoisotopic (exact) mass is 570 g/mol. The van der Waals surface area contributed by atoms with Gasteiger partial charge in [-0.2, -0.15) is 0 Å². The summed E-state index contributed by atoms with van der Waals surface area (Å²) >= 11 is 1.26. The number of rotatable bonds is 8. The largest absolute Gasteiger partial charge is 0.457 e. The number of likely N-dealkylation sites (N-methyl/N-ethyl adjacent to an activating group) is 1. The van der Waals surface area contributed by atoms with Crippen molar-refractivity contribution in [2.45, 2.75) is 38.3 Å². The molecule has 1 unspecified atom stereocenters. The molecule has 11 heteroatoms. The highest BCUT2D eigenvalue weighted by molar-refractivity contribution is 7.21. The molecule has 41 heavy (non-hydrogen) atoms. The van der Waals surface area contributed by atoms with Crippen molar-refractivity contribution >= 4 is 56.5 Å². The number of anilines is 3. The maximum Gasteiger partial charge on any atom is 0.331 e. The molecule has 10 nitrogen and oxygen atoms in total. The minimum Gasteiger partial charge on any atom is -0.457 e. The number of aryl methyl sites for hydroxylation is 1. The number of carbonyl (C=O) groups is 3. The van der Waals surface area contributed by atoms with E-state index in [0.29, 0.717) is 38.9 Å². The van der Waals surface area contributed by atoms with Crippen LogP contribution >= 0.6 is 11.3 Å². The van der Waals surface area contributed by atoms with Crippen LogP contribution in [0.4, 0.5) is 21.9 Å². The zero-order chi connectivity index (χ0) is 28.5. The van der Waals surface area contributed by atoms with Gasteiger partial charge in [0.05, 0.1) is 29.0 Å². The molecule has 1 saturated carbocycles. The number of amides is 4. The fourth-order valence-corrected chi connectivity index (χ4v) is 6.51. The molecule has 6 rings (SSSR count). The van der Waals surface area contributed by atoms with Gasteiger partial charge >= 0.3 is 6.03 Å². The van der Waals surface area contributed by atoms with Crippen molar-refractivity contribution < 1.29 is 19.1 Å². The number of pyridine rings is 1. The van der Waals surface area contributed by atoms with Crippen LogP contribution in [0.15, 0.2) is 60.8 Å². The summed E-state index contributed by atoms with van der Waals surface area (Å²) in [5.41, 5.74) is 2.70. The Morgan fingerprint density at radius 2 is 1.83 bits per heavy atom. The Bertz CT molecular complexity index is 1640. The zero-order valence-electron chi connectivity index (χ0n) is 22.7. The number of benzene rings is 2. The van der Waals surface area contributed by atoms with Gasteiger partial charge in [-0.3, -0.25) is 14.5 Å². The quantitative estimate of drug-likeness (QED) is 0.235. The Balaban J connectivity index is 1.24. The van der Waals surface area contributed by atoms with Crippen LogP contribution in [0.1, 0.15) is 34.5 Å². The summed E-state index contributed by atoms with van der Waals surface area (Å²) in [7, 11) is 1.73. The molecule has 4 amide bonds. The van der Waals surface area contributed by atoms with Crippen LogP contribution in [0.5, 0.6) is 11.5 Å². The first-order chi connectivity index (χ1) is 19.9. The molecule has 1 fully saturated rings. The van der Waals surface area contributed by atoms with Crippen LogP contribution in [-0.2, 0) is 4.79 Å². The van der Waals surface area contributed by atoms with E-state index in [9.17, 15) is 14.4 Å². The standard InChI is InChI=1S/C30H30N6O4S/c1-17-14-21(40-20-6-4-3-5-7-20)10-11-22(17)36-23-12-13-32-29-25(23)26(35-30(36)39)27(41-29)28(38)34-19-9-8-18(15-19)33-24(37)16-31-2/h3-7,10-14,18-19,31H,8-9,15-16H2,1-2H3,(H,33,37)(H,34,38)(H,35,39)/t18-,19?/m1/s1. The molecule has 1 aliphatic heterocycles. The highest BCUT2D eigenvalue weighted by Crippen LogP contribution is 2.46. The third-order valence-corrected chi connectivity index (χ3v) is 8.41. The second kappa shape index (κ2) is 11.2. The topological polar surface area (TPSA) is 125 Å². The van der Waals surface area contributed by atoms with Gasteiger partial charge in [0.15, 0.2) is 0 Å². The van der Waals surface area contributed by atoms with Crippen molar-refractivity contribution in [2.24, 2.45) is 0 Å². The summed E-state index contributed by atoms with van der Waals surface area (Å²) in [6, 6.07) is 16.5. The molecule has 4 aromatic rings. The lowest BCUT2D eigenvalue weighted by Crippen LogP contribution is -2.40. The van der Waals surface area contributed by atoms with Gasteiger partial charge in [-0.25, -0.2) is 9.78 Å². The smallest absolute Gasteiger partial charge is 0.331 e. The SMILES string of the molecule is CNCC(=O)N[C@@H]1CCC(NC(=O)c2sc3nccc4c3c2NC(=O)N4c2ccc(Oc3ccccc3)cc2C)C1. The fraction of sp³-hybridized carbons (Fsp3) is 0.267. The van der Waals surface area contributed by atoms with E-state index in [1.807, 2.05) is 55.5 Å². The van der Waals surface area contributed by atoms with E-state index in [1.54, 1.807) is 24.2 Å². The number of nitrogens with zero attached hydrogens (tertiary/aromatic N) is 2. The molecular weight excluding hydrogens is 540 g/mol. The van der Waals surface area contributed by atoms with Crippen LogP contribution in [0, 0.1) is 6.92 Å². The first-order valence-corrected chi connectivity index (χ1v) is 14.3. The normalized spacial score (nSPS) is 17.8. The molecule has 210 valence electrons. The van der Waals surface area contributed by atoms with E-state index in [2.05, 4.69) is 26.3 Å². The first kappa shape index (κ1) is 26.7. The number of carbonyl (C=O) groups excluding carboxylic acids is 3. The summed E-state index contributed by atoms with van der Waals surface area (Å²) in [5.74, 6) is 1.08. The second-order valence-electron chi connectivity index (χ2n) is 10.2. The molecule has 1 aliphatic carbocycles. The van der Waals surface area contributed by atoms with Crippen molar-refractivity contribution in [3.63, 3.8) is 0 Å². The predicted octanol–water partition coefficient (Wildman–Crippen LogP) is 5.07. The van der Waals surface area contributed by atoms with E-state index < -0.39 is 0 Å². The summed E-state index contributed by atoms with van der Waals surface area (Å²) < 4.78 is 5.97. The van der Waals surface area contributed by atoms with Crippen molar-refractivity contribution in [1.82, 2.24) is 20.9 Å². The molecule has 3 heterocycles. The maximum absolute atomic E-state index is 13.5. The fourth-order valence-electron chi connectivity index (χ4n) is 5.48. The highest BCUT2D eigenvalue weighted by atomic mass is 32.1. The molecule has 2 aromatic heterocycles. The third kappa shape index (κ3) is 5.33. The van der Waals surface area contributed by atoms with E-state index in [4.69, 9.17) is 4.74 Å². The number of para-hydroxylation sites is 1. The van der Waals surface area contributed by atoms with Crippen molar-refractivity contribution in [1.29, 1.82) is 0 Å². The maximum atomic E-state index is 13.5. The molecule has 2 aromatic carbocycles. The number of nitrogens with one attached hydrogen (secondary N) is 4. The Morgan fingerprint density at radius 1 is 1.05 bits per heavy atom. The average molecular weight is 571 g/mol. The highest BCUT2D eigenvalue weighted by Gasteiger charge is 2.34. The van der Waals surface area contributed by atoms with Crippen LogP contribution in [0.3, 0.4) is 0 Å². The van der Waals surface area contributed by atoms with Gasteiger partial charge in [-0.15, -0.1) is 11.3 Å². The average Bonchev–Trinajstić information content (AvgIpc) is 3.55. The lowest BCUT2D eigenvalue weighted by molar-refractivity contribution is -0.120. The molecule has 0 radical (unpaired) electrons. The van der Waals surface area contributed by atoms with E-state index in [0.717, 1.165) is 29.5 Å². The molecule has 0 spiro atoms. The summed E-state index contributed by atoms with van der Waals surface area (Å²) in [6.45, 7) is 2.19. The number of urea groups is 1. The number of aromatic nitrogens is 1. The van der Waals surface area contributed by atoms with Crippen LogP contribution in [-0.4, -0.2) is 48.5 Å². The number of thiophene rings is 1. The van der Waals surface area contributed by atoms with Gasteiger partial charge in [0.25, 0.3) is 5.91 Å². The number of hydrogen-bond donors (Lipinski definition) is 4. The second-order valence-corrected chi connectivity index (χ2v) is 11.2. The lowest BCUT2D eigenvalue weighted by atomic mass is 10.1. The van der Waals surface area contributed by atoms with Gasteiger partial charge in [0.2, 0.25) is 5.91 Å². The van der Waals surface area contributed by atoms with Gasteiger partial charge in [-0.05, 0) is 75.2 Å². The third-order valence-electron chi connectivity index (χ3n) is 7.31. The van der Waals surface area contributed by atoms with E-state index in [-0.39, 0.29) is 36.5 Å². The van der Waals surface area contributed by atoms with Crippen molar-refractivity contribution in [2.75, 3.05) is 23.8 Å². The molecule has 4 N–H and O–H groups in total. The lowest BCUT2D eigenvalue weighted by Gasteiger charge is -2.29. The molecule has 2 aliphatic rings. The summed E-state index contributed by atoms with van der Waals surface area (Å²) in [6.07, 6.45) is 3.88. The van der Waals surface area contributed by atoms with Crippen LogP contribution in [0.25, 0.3) is 10.2 Å². The summed E-state index contributed by atoms with van der Waals surface area (Å²) in [5, 5.41) is 12.6. The predicted molar refractivity (Wildman–Crippen MR) is 159 cm³/mol. The first-order valence-electron chi connectivity index (χ1n) is 13.5. The number of hydrogen-bond acceptors (Lipinski definition) is 7.